The monoisotopic (exact) mass is 365 g/mol. The van der Waals surface area contributed by atoms with Gasteiger partial charge >= 0.3 is 0 Å². The Hall–Kier alpha value is -1.70. The standard InChI is InChI=1S/C16H13BrClNO2/c1-2-20-15-8-12(9-19)7-14(17)16(15)21-10-11-3-5-13(18)6-4-11/h3-8H,2,10H2,1H3. The van der Waals surface area contributed by atoms with Gasteiger partial charge in [0.1, 0.15) is 6.61 Å². The van der Waals surface area contributed by atoms with Crippen LogP contribution < -0.4 is 9.47 Å². The van der Waals surface area contributed by atoms with Crippen molar-refractivity contribution < 1.29 is 9.47 Å². The number of nitrogens with zero attached hydrogens (tertiary/aromatic N) is 1. The Morgan fingerprint density at radius 1 is 1.19 bits per heavy atom. The van der Waals surface area contributed by atoms with Gasteiger partial charge < -0.3 is 9.47 Å². The maximum atomic E-state index is 9.00. The van der Waals surface area contributed by atoms with Crippen LogP contribution in [0, 0.1) is 11.3 Å². The Kier molecular flexibility index (Phi) is 5.49. The molecule has 3 nitrogen and oxygen atoms in total. The summed E-state index contributed by atoms with van der Waals surface area (Å²) in [4.78, 5) is 0. The van der Waals surface area contributed by atoms with Crippen molar-refractivity contribution in [3.05, 3.63) is 57.0 Å². The highest BCUT2D eigenvalue weighted by Crippen LogP contribution is 2.37. The van der Waals surface area contributed by atoms with Gasteiger partial charge in [0.2, 0.25) is 0 Å². The topological polar surface area (TPSA) is 42.2 Å². The maximum absolute atomic E-state index is 9.00. The van der Waals surface area contributed by atoms with Crippen LogP contribution in [0.1, 0.15) is 18.1 Å². The normalized spacial score (nSPS) is 10.0. The van der Waals surface area contributed by atoms with E-state index in [4.69, 9.17) is 26.3 Å². The molecule has 2 aromatic carbocycles. The molecular weight excluding hydrogens is 354 g/mol. The van der Waals surface area contributed by atoms with Crippen molar-refractivity contribution in [2.45, 2.75) is 13.5 Å². The zero-order chi connectivity index (χ0) is 15.2. The number of ether oxygens (including phenoxy) is 2. The second-order valence-corrected chi connectivity index (χ2v) is 5.54. The van der Waals surface area contributed by atoms with Gasteiger partial charge in [-0.2, -0.15) is 5.26 Å². The zero-order valence-corrected chi connectivity index (χ0v) is 13.7. The number of rotatable bonds is 5. The fraction of sp³-hybridized carbons (Fsp3) is 0.188. The summed E-state index contributed by atoms with van der Waals surface area (Å²) in [5, 5.41) is 9.69. The average molecular weight is 367 g/mol. The van der Waals surface area contributed by atoms with Crippen molar-refractivity contribution in [2.75, 3.05) is 6.61 Å². The van der Waals surface area contributed by atoms with Crippen molar-refractivity contribution in [2.24, 2.45) is 0 Å². The fourth-order valence-corrected chi connectivity index (χ4v) is 2.45. The van der Waals surface area contributed by atoms with E-state index in [-0.39, 0.29) is 0 Å². The molecule has 2 rings (SSSR count). The molecule has 0 radical (unpaired) electrons. The van der Waals surface area contributed by atoms with Crippen LogP contribution in [0.5, 0.6) is 11.5 Å². The molecule has 0 aliphatic carbocycles. The van der Waals surface area contributed by atoms with Gasteiger partial charge in [0.05, 0.1) is 22.7 Å². The second kappa shape index (κ2) is 7.35. The predicted octanol–water partition coefficient (Wildman–Crippen LogP) is 4.95. The highest BCUT2D eigenvalue weighted by atomic mass is 79.9. The largest absolute Gasteiger partial charge is 0.490 e. The molecule has 0 N–H and O–H groups in total. The van der Waals surface area contributed by atoms with E-state index >= 15 is 0 Å². The van der Waals surface area contributed by atoms with E-state index in [1.807, 2.05) is 31.2 Å². The first-order valence-electron chi connectivity index (χ1n) is 6.37. The summed E-state index contributed by atoms with van der Waals surface area (Å²) in [5.41, 5.74) is 1.52. The zero-order valence-electron chi connectivity index (χ0n) is 11.4. The molecule has 0 atom stereocenters. The Balaban J connectivity index is 2.22. The lowest BCUT2D eigenvalue weighted by molar-refractivity contribution is 0.267. The van der Waals surface area contributed by atoms with Crippen molar-refractivity contribution in [3.63, 3.8) is 0 Å². The van der Waals surface area contributed by atoms with Crippen molar-refractivity contribution in [1.82, 2.24) is 0 Å². The summed E-state index contributed by atoms with van der Waals surface area (Å²) in [5.74, 6) is 1.14. The minimum Gasteiger partial charge on any atom is -0.490 e. The number of halogens is 2. The Morgan fingerprint density at radius 3 is 2.52 bits per heavy atom. The van der Waals surface area contributed by atoms with Gasteiger partial charge in [-0.3, -0.25) is 0 Å². The molecule has 2 aromatic rings. The third-order valence-corrected chi connectivity index (χ3v) is 3.58. The van der Waals surface area contributed by atoms with Crippen LogP contribution >= 0.6 is 27.5 Å². The second-order valence-electron chi connectivity index (χ2n) is 4.25. The summed E-state index contributed by atoms with van der Waals surface area (Å²) in [6.07, 6.45) is 0. The third-order valence-electron chi connectivity index (χ3n) is 2.73. The maximum Gasteiger partial charge on any atom is 0.175 e. The summed E-state index contributed by atoms with van der Waals surface area (Å²) >= 11 is 9.27. The molecular formula is C16H13BrClNO2. The van der Waals surface area contributed by atoms with E-state index in [1.165, 1.54) is 0 Å². The van der Waals surface area contributed by atoms with Gasteiger partial charge in [-0.25, -0.2) is 0 Å². The summed E-state index contributed by atoms with van der Waals surface area (Å²) < 4.78 is 12.1. The first kappa shape index (κ1) is 15.7. The molecule has 0 aromatic heterocycles. The van der Waals surface area contributed by atoms with Crippen molar-refractivity contribution in [1.29, 1.82) is 5.26 Å². The Labute approximate surface area is 137 Å². The van der Waals surface area contributed by atoms with Gasteiger partial charge in [0.15, 0.2) is 11.5 Å². The highest BCUT2D eigenvalue weighted by Gasteiger charge is 2.12. The highest BCUT2D eigenvalue weighted by molar-refractivity contribution is 9.10. The molecule has 0 fully saturated rings. The van der Waals surface area contributed by atoms with E-state index in [9.17, 15) is 0 Å². The molecule has 0 bridgehead atoms. The van der Waals surface area contributed by atoms with Crippen LogP contribution in [-0.2, 0) is 6.61 Å². The van der Waals surface area contributed by atoms with Crippen LogP contribution in [0.4, 0.5) is 0 Å². The minimum absolute atomic E-state index is 0.391. The van der Waals surface area contributed by atoms with Crippen molar-refractivity contribution in [3.8, 4) is 17.6 Å². The first-order valence-corrected chi connectivity index (χ1v) is 7.54. The summed E-state index contributed by atoms with van der Waals surface area (Å²) in [7, 11) is 0. The van der Waals surface area contributed by atoms with Crippen LogP contribution in [0.25, 0.3) is 0 Å². The van der Waals surface area contributed by atoms with Crippen LogP contribution in [0.3, 0.4) is 0 Å². The van der Waals surface area contributed by atoms with Gasteiger partial charge in [-0.15, -0.1) is 0 Å². The Morgan fingerprint density at radius 2 is 1.90 bits per heavy atom. The number of nitriles is 1. The molecule has 0 saturated carbocycles. The molecule has 0 heterocycles. The van der Waals surface area contributed by atoms with Gasteiger partial charge in [0.25, 0.3) is 0 Å². The number of benzene rings is 2. The van der Waals surface area contributed by atoms with Gasteiger partial charge in [-0.05, 0) is 46.6 Å². The van der Waals surface area contributed by atoms with Gasteiger partial charge in [-0.1, -0.05) is 23.7 Å². The van der Waals surface area contributed by atoms with Crippen LogP contribution in [-0.4, -0.2) is 6.61 Å². The molecule has 108 valence electrons. The first-order chi connectivity index (χ1) is 10.1. The lowest BCUT2D eigenvalue weighted by Crippen LogP contribution is -2.01. The SMILES string of the molecule is CCOc1cc(C#N)cc(Br)c1OCc1ccc(Cl)cc1. The van der Waals surface area contributed by atoms with E-state index in [0.717, 1.165) is 5.56 Å². The van der Waals surface area contributed by atoms with E-state index in [1.54, 1.807) is 12.1 Å². The molecule has 0 amide bonds. The van der Waals surface area contributed by atoms with E-state index < -0.39 is 0 Å². The lowest BCUT2D eigenvalue weighted by Gasteiger charge is -2.14. The lowest BCUT2D eigenvalue weighted by atomic mass is 10.2. The van der Waals surface area contributed by atoms with Crippen LogP contribution in [0.15, 0.2) is 40.9 Å². The van der Waals surface area contributed by atoms with E-state index in [2.05, 4.69) is 22.0 Å². The predicted molar refractivity (Wildman–Crippen MR) is 85.8 cm³/mol. The molecule has 0 spiro atoms. The number of hydrogen-bond donors (Lipinski definition) is 0. The quantitative estimate of drug-likeness (QED) is 0.751. The molecule has 5 heteroatoms. The van der Waals surface area contributed by atoms with E-state index in [0.29, 0.717) is 39.8 Å². The minimum atomic E-state index is 0.391. The smallest absolute Gasteiger partial charge is 0.175 e. The third kappa shape index (κ3) is 4.13. The molecule has 0 saturated heterocycles. The van der Waals surface area contributed by atoms with Crippen molar-refractivity contribution >= 4 is 27.5 Å². The van der Waals surface area contributed by atoms with Crippen LogP contribution in [0.2, 0.25) is 5.02 Å². The molecule has 0 aliphatic rings. The molecule has 0 unspecified atom stereocenters. The van der Waals surface area contributed by atoms with Gasteiger partial charge in [0, 0.05) is 11.1 Å². The summed E-state index contributed by atoms with van der Waals surface area (Å²) in [6.45, 7) is 2.77. The average Bonchev–Trinajstić information content (AvgIpc) is 2.48. The summed E-state index contributed by atoms with van der Waals surface area (Å²) in [6, 6.07) is 12.9. The molecule has 0 aliphatic heterocycles. The fourth-order valence-electron chi connectivity index (χ4n) is 1.77. The Bertz CT molecular complexity index is 665. The molecule has 21 heavy (non-hydrogen) atoms. The number of hydrogen-bond acceptors (Lipinski definition) is 3.